The Morgan fingerprint density at radius 3 is 2.30 bits per heavy atom. The molecule has 0 spiro atoms. The van der Waals surface area contributed by atoms with Gasteiger partial charge < -0.3 is 9.47 Å². The molecule has 1 aromatic rings. The molecule has 1 aromatic carbocycles. The lowest BCUT2D eigenvalue weighted by Crippen LogP contribution is -2.13. The van der Waals surface area contributed by atoms with Crippen molar-refractivity contribution in [3.8, 4) is 0 Å². The van der Waals surface area contributed by atoms with Gasteiger partial charge in [-0.1, -0.05) is 13.8 Å². The van der Waals surface area contributed by atoms with Crippen LogP contribution in [-0.4, -0.2) is 23.5 Å². The van der Waals surface area contributed by atoms with Crippen molar-refractivity contribution in [3.05, 3.63) is 39.4 Å². The Hall–Kier alpha value is -2.44. The van der Waals surface area contributed by atoms with E-state index in [4.69, 9.17) is 9.47 Å². The van der Waals surface area contributed by atoms with Crippen LogP contribution in [0.3, 0.4) is 0 Å². The maximum atomic E-state index is 11.6. The topological polar surface area (TPSA) is 95.7 Å². The molecule has 0 aliphatic rings. The second kappa shape index (κ2) is 8.87. The van der Waals surface area contributed by atoms with Crippen LogP contribution < -0.4 is 0 Å². The van der Waals surface area contributed by atoms with E-state index >= 15 is 0 Å². The number of carbonyl (C=O) groups is 2. The Labute approximate surface area is 134 Å². The lowest BCUT2D eigenvalue weighted by atomic mass is 10.1. The fraction of sp³-hybridized carbons (Fsp3) is 0.500. The summed E-state index contributed by atoms with van der Waals surface area (Å²) in [6.45, 7) is 5.81. The highest BCUT2D eigenvalue weighted by molar-refractivity contribution is 5.77. The average molecular weight is 323 g/mol. The summed E-state index contributed by atoms with van der Waals surface area (Å²) >= 11 is 0. The number of esters is 2. The van der Waals surface area contributed by atoms with Gasteiger partial charge in [0.05, 0.1) is 24.4 Å². The summed E-state index contributed by atoms with van der Waals surface area (Å²) < 4.78 is 10.0. The highest BCUT2D eigenvalue weighted by Crippen LogP contribution is 2.19. The van der Waals surface area contributed by atoms with E-state index in [9.17, 15) is 19.7 Å². The lowest BCUT2D eigenvalue weighted by molar-refractivity contribution is -0.385. The van der Waals surface area contributed by atoms with Crippen LogP contribution in [0.1, 0.15) is 37.8 Å². The van der Waals surface area contributed by atoms with Gasteiger partial charge in [0.1, 0.15) is 6.61 Å². The molecule has 0 aliphatic carbocycles. The number of hydrogen-bond donors (Lipinski definition) is 0. The second-order valence-corrected chi connectivity index (χ2v) is 5.62. The van der Waals surface area contributed by atoms with Crippen LogP contribution in [-0.2, 0) is 25.7 Å². The van der Waals surface area contributed by atoms with Crippen LogP contribution >= 0.6 is 0 Å². The van der Waals surface area contributed by atoms with Gasteiger partial charge in [-0.3, -0.25) is 19.7 Å². The van der Waals surface area contributed by atoms with Gasteiger partial charge in [-0.05, 0) is 30.5 Å². The average Bonchev–Trinajstić information content (AvgIpc) is 2.48. The number of carbonyl (C=O) groups excluding carboxylic acids is 2. The van der Waals surface area contributed by atoms with Gasteiger partial charge in [-0.15, -0.1) is 0 Å². The first-order chi connectivity index (χ1) is 10.8. The predicted molar refractivity (Wildman–Crippen MR) is 82.7 cm³/mol. The van der Waals surface area contributed by atoms with E-state index in [0.717, 1.165) is 0 Å². The van der Waals surface area contributed by atoms with Gasteiger partial charge in [0.15, 0.2) is 0 Å². The minimum absolute atomic E-state index is 0.0126. The van der Waals surface area contributed by atoms with E-state index in [-0.39, 0.29) is 31.1 Å². The molecule has 0 bridgehead atoms. The molecule has 0 saturated carbocycles. The van der Waals surface area contributed by atoms with Crippen LogP contribution in [0.4, 0.5) is 5.69 Å². The van der Waals surface area contributed by atoms with E-state index in [1.165, 1.54) is 12.1 Å². The second-order valence-electron chi connectivity index (χ2n) is 5.62. The van der Waals surface area contributed by atoms with Gasteiger partial charge >= 0.3 is 11.9 Å². The number of nitrogens with zero attached hydrogens (tertiary/aromatic N) is 1. The molecule has 23 heavy (non-hydrogen) atoms. The Morgan fingerprint density at radius 2 is 1.78 bits per heavy atom. The van der Waals surface area contributed by atoms with Crippen LogP contribution in [0.25, 0.3) is 0 Å². The van der Waals surface area contributed by atoms with E-state index in [1.54, 1.807) is 13.0 Å². The third-order valence-electron chi connectivity index (χ3n) is 2.97. The van der Waals surface area contributed by atoms with Gasteiger partial charge in [0, 0.05) is 11.6 Å². The van der Waals surface area contributed by atoms with Crippen LogP contribution in [0, 0.1) is 23.0 Å². The Balaban J connectivity index is 2.37. The highest BCUT2D eigenvalue weighted by Gasteiger charge is 2.12. The zero-order chi connectivity index (χ0) is 17.4. The molecule has 0 aromatic heterocycles. The standard InChI is InChI=1S/C16H21NO6/c1-11(2)9-22-15(18)6-7-16(19)23-10-13-4-5-14(17(20)21)12(3)8-13/h4-5,8,11H,6-7,9-10H2,1-3H3. The fourth-order valence-electron chi connectivity index (χ4n) is 1.78. The first-order valence-electron chi connectivity index (χ1n) is 7.34. The van der Waals surface area contributed by atoms with Gasteiger partial charge in [0.2, 0.25) is 0 Å². The van der Waals surface area contributed by atoms with Crippen molar-refractivity contribution in [2.24, 2.45) is 5.92 Å². The van der Waals surface area contributed by atoms with Crippen molar-refractivity contribution in [1.29, 1.82) is 0 Å². The first-order valence-corrected chi connectivity index (χ1v) is 7.34. The summed E-state index contributed by atoms with van der Waals surface area (Å²) in [4.78, 5) is 33.2. The number of nitro benzene ring substituents is 1. The minimum atomic E-state index is -0.512. The molecule has 126 valence electrons. The summed E-state index contributed by atoms with van der Waals surface area (Å²) in [6, 6.07) is 4.51. The quantitative estimate of drug-likeness (QED) is 0.414. The molecular formula is C16H21NO6. The van der Waals surface area contributed by atoms with Crippen molar-refractivity contribution >= 4 is 17.6 Å². The van der Waals surface area contributed by atoms with Crippen LogP contribution in [0.2, 0.25) is 0 Å². The molecule has 0 atom stereocenters. The molecule has 7 nitrogen and oxygen atoms in total. The third-order valence-corrected chi connectivity index (χ3v) is 2.97. The third kappa shape index (κ3) is 6.90. The first kappa shape index (κ1) is 18.6. The largest absolute Gasteiger partial charge is 0.465 e. The highest BCUT2D eigenvalue weighted by atomic mass is 16.6. The Morgan fingerprint density at radius 1 is 1.17 bits per heavy atom. The molecule has 0 radical (unpaired) electrons. The molecule has 0 saturated heterocycles. The molecule has 0 amide bonds. The van der Waals surface area contributed by atoms with Gasteiger partial charge in [-0.25, -0.2) is 0 Å². The monoisotopic (exact) mass is 323 g/mol. The molecule has 1 rings (SSSR count). The smallest absolute Gasteiger partial charge is 0.306 e. The van der Waals surface area contributed by atoms with E-state index in [0.29, 0.717) is 17.7 Å². The molecule has 0 unspecified atom stereocenters. The molecule has 0 heterocycles. The SMILES string of the molecule is Cc1cc(COC(=O)CCC(=O)OCC(C)C)ccc1[N+](=O)[O-]. The van der Waals surface area contributed by atoms with E-state index < -0.39 is 16.9 Å². The zero-order valence-electron chi connectivity index (χ0n) is 13.5. The van der Waals surface area contributed by atoms with Crippen molar-refractivity contribution in [2.75, 3.05) is 6.61 Å². The lowest BCUT2D eigenvalue weighted by Gasteiger charge is -2.08. The summed E-state index contributed by atoms with van der Waals surface area (Å²) in [6.07, 6.45) is -0.0757. The molecule has 0 fully saturated rings. The summed E-state index contributed by atoms with van der Waals surface area (Å²) in [5, 5.41) is 10.7. The fourth-order valence-corrected chi connectivity index (χ4v) is 1.78. The van der Waals surface area contributed by atoms with Crippen molar-refractivity contribution in [2.45, 2.75) is 40.2 Å². The summed E-state index contributed by atoms with van der Waals surface area (Å²) in [7, 11) is 0. The van der Waals surface area contributed by atoms with Gasteiger partial charge in [-0.2, -0.15) is 0 Å². The minimum Gasteiger partial charge on any atom is -0.465 e. The number of benzene rings is 1. The van der Waals surface area contributed by atoms with E-state index in [1.807, 2.05) is 13.8 Å². The maximum absolute atomic E-state index is 11.6. The van der Waals surface area contributed by atoms with Crippen molar-refractivity contribution in [1.82, 2.24) is 0 Å². The number of hydrogen-bond acceptors (Lipinski definition) is 6. The van der Waals surface area contributed by atoms with Gasteiger partial charge in [0.25, 0.3) is 5.69 Å². The van der Waals surface area contributed by atoms with Crippen molar-refractivity contribution < 1.29 is 24.0 Å². The number of nitro groups is 1. The summed E-state index contributed by atoms with van der Waals surface area (Å²) in [5.74, 6) is -0.694. The Kier molecular flexibility index (Phi) is 7.18. The molecule has 0 aliphatic heterocycles. The molecule has 7 heteroatoms. The molecular weight excluding hydrogens is 302 g/mol. The maximum Gasteiger partial charge on any atom is 0.306 e. The normalized spacial score (nSPS) is 10.4. The van der Waals surface area contributed by atoms with Crippen molar-refractivity contribution in [3.63, 3.8) is 0 Å². The van der Waals surface area contributed by atoms with Crippen LogP contribution in [0.15, 0.2) is 18.2 Å². The number of rotatable bonds is 8. The van der Waals surface area contributed by atoms with E-state index in [2.05, 4.69) is 0 Å². The number of ether oxygens (including phenoxy) is 2. The predicted octanol–water partition coefficient (Wildman–Crippen LogP) is 2.93. The molecule has 0 N–H and O–H groups in total. The number of aryl methyl sites for hydroxylation is 1. The Bertz CT molecular complexity index is 582. The zero-order valence-corrected chi connectivity index (χ0v) is 13.5. The van der Waals surface area contributed by atoms with Crippen LogP contribution in [0.5, 0.6) is 0 Å². The summed E-state index contributed by atoms with van der Waals surface area (Å²) in [5.41, 5.74) is 1.18.